The highest BCUT2D eigenvalue weighted by atomic mass is 16.4. The van der Waals surface area contributed by atoms with Gasteiger partial charge in [0.25, 0.3) is 0 Å². The zero-order valence-corrected chi connectivity index (χ0v) is 11.5. The molecule has 1 atom stereocenters. The molecule has 1 aliphatic rings. The van der Waals surface area contributed by atoms with E-state index in [4.69, 9.17) is 10.9 Å². The molecule has 0 saturated heterocycles. The Balaban J connectivity index is 2.04. The van der Waals surface area contributed by atoms with Crippen LogP contribution in [0.5, 0.6) is 0 Å². The van der Waals surface area contributed by atoms with E-state index in [0.717, 1.165) is 5.56 Å². The smallest absolute Gasteiger partial charge is 0.235 e. The topological polar surface area (TPSA) is 87.7 Å². The Morgan fingerprint density at radius 3 is 2.60 bits per heavy atom. The van der Waals surface area contributed by atoms with Gasteiger partial charge in [-0.05, 0) is 24.3 Å². The van der Waals surface area contributed by atoms with E-state index < -0.39 is 5.92 Å². The van der Waals surface area contributed by atoms with Gasteiger partial charge in [-0.3, -0.25) is 4.79 Å². The molecule has 1 aromatic carbocycles. The predicted molar refractivity (Wildman–Crippen MR) is 77.6 cm³/mol. The minimum Gasteiger partial charge on any atom is -0.409 e. The number of nitrogens with one attached hydrogen (secondary N) is 1. The minimum atomic E-state index is -0.734. The lowest BCUT2D eigenvalue weighted by molar-refractivity contribution is -0.121. The van der Waals surface area contributed by atoms with Crippen LogP contribution < -0.4 is 11.1 Å². The summed E-state index contributed by atoms with van der Waals surface area (Å²) in [5, 5.41) is 14.8. The highest BCUT2D eigenvalue weighted by molar-refractivity contribution is 6.07. The molecule has 1 amide bonds. The van der Waals surface area contributed by atoms with Crippen molar-refractivity contribution in [3.05, 3.63) is 35.9 Å². The van der Waals surface area contributed by atoms with Gasteiger partial charge in [0.1, 0.15) is 5.92 Å². The number of oxime groups is 1. The summed E-state index contributed by atoms with van der Waals surface area (Å²) in [5.41, 5.74) is 6.40. The van der Waals surface area contributed by atoms with Crippen molar-refractivity contribution in [1.29, 1.82) is 0 Å². The highest BCUT2D eigenvalue weighted by Crippen LogP contribution is 2.24. The molecule has 0 heterocycles. The maximum Gasteiger partial charge on any atom is 0.235 e. The zero-order chi connectivity index (χ0) is 14.4. The van der Waals surface area contributed by atoms with Gasteiger partial charge in [-0.15, -0.1) is 0 Å². The van der Waals surface area contributed by atoms with E-state index >= 15 is 0 Å². The molecule has 1 saturated carbocycles. The summed E-state index contributed by atoms with van der Waals surface area (Å²) in [6, 6.07) is 9.13. The van der Waals surface area contributed by atoms with Gasteiger partial charge in [0.05, 0.1) is 0 Å². The van der Waals surface area contributed by atoms with E-state index in [0.29, 0.717) is 12.5 Å². The molecule has 0 aliphatic heterocycles. The van der Waals surface area contributed by atoms with Gasteiger partial charge in [0.2, 0.25) is 5.91 Å². The molecule has 1 unspecified atom stereocenters. The Kier molecular flexibility index (Phi) is 4.98. The summed E-state index contributed by atoms with van der Waals surface area (Å²) >= 11 is 0. The lowest BCUT2D eigenvalue weighted by Gasteiger charge is -2.17. The van der Waals surface area contributed by atoms with E-state index in [-0.39, 0.29) is 11.7 Å². The van der Waals surface area contributed by atoms with Crippen LogP contribution in [0.25, 0.3) is 0 Å². The molecule has 1 aliphatic carbocycles. The second kappa shape index (κ2) is 6.93. The standard InChI is InChI=1S/C15H21N3O2/c16-14(18-20)13(12-8-2-1-3-9-12)15(19)17-10-11-6-4-5-7-11/h1-3,8-9,11,13,20H,4-7,10H2,(H2,16,18)(H,17,19). The van der Waals surface area contributed by atoms with Crippen LogP contribution in [0.15, 0.2) is 35.5 Å². The maximum atomic E-state index is 12.3. The molecule has 5 nitrogen and oxygen atoms in total. The molecule has 0 radical (unpaired) electrons. The number of amides is 1. The Bertz CT molecular complexity index is 467. The Morgan fingerprint density at radius 1 is 1.35 bits per heavy atom. The first-order chi connectivity index (χ1) is 9.72. The number of nitrogens with two attached hydrogens (primary N) is 1. The zero-order valence-electron chi connectivity index (χ0n) is 11.5. The predicted octanol–water partition coefficient (Wildman–Crippen LogP) is 1.82. The molecule has 2 rings (SSSR count). The second-order valence-corrected chi connectivity index (χ2v) is 5.26. The van der Waals surface area contributed by atoms with Gasteiger partial charge < -0.3 is 16.3 Å². The fraction of sp³-hybridized carbons (Fsp3) is 0.467. The number of carbonyl (C=O) groups excluding carboxylic acids is 1. The van der Waals surface area contributed by atoms with Crippen LogP contribution in [0.4, 0.5) is 0 Å². The van der Waals surface area contributed by atoms with Crippen LogP contribution >= 0.6 is 0 Å². The second-order valence-electron chi connectivity index (χ2n) is 5.26. The van der Waals surface area contributed by atoms with Crippen molar-refractivity contribution in [2.24, 2.45) is 16.8 Å². The number of hydrogen-bond donors (Lipinski definition) is 3. The molecule has 20 heavy (non-hydrogen) atoms. The molecule has 1 fully saturated rings. The fourth-order valence-electron chi connectivity index (χ4n) is 2.72. The number of amidine groups is 1. The molecule has 0 aromatic heterocycles. The van der Waals surface area contributed by atoms with Crippen LogP contribution in [0.3, 0.4) is 0 Å². The van der Waals surface area contributed by atoms with Gasteiger partial charge in [0, 0.05) is 6.54 Å². The normalized spacial score (nSPS) is 17.9. The van der Waals surface area contributed by atoms with E-state index in [1.807, 2.05) is 18.2 Å². The van der Waals surface area contributed by atoms with E-state index in [1.54, 1.807) is 12.1 Å². The summed E-state index contributed by atoms with van der Waals surface area (Å²) in [7, 11) is 0. The van der Waals surface area contributed by atoms with Gasteiger partial charge in [-0.25, -0.2) is 0 Å². The Morgan fingerprint density at radius 2 is 2.00 bits per heavy atom. The number of carbonyl (C=O) groups is 1. The van der Waals surface area contributed by atoms with Gasteiger partial charge in [0.15, 0.2) is 5.84 Å². The van der Waals surface area contributed by atoms with Crippen LogP contribution in [-0.4, -0.2) is 23.5 Å². The first-order valence-electron chi connectivity index (χ1n) is 7.02. The van der Waals surface area contributed by atoms with Crippen LogP contribution in [-0.2, 0) is 4.79 Å². The third-order valence-corrected chi connectivity index (χ3v) is 3.85. The monoisotopic (exact) mass is 275 g/mol. The maximum absolute atomic E-state index is 12.3. The molecule has 108 valence electrons. The van der Waals surface area contributed by atoms with E-state index in [9.17, 15) is 4.79 Å². The SMILES string of the molecule is NC(=NO)C(C(=O)NCC1CCCC1)c1ccccc1. The quantitative estimate of drug-likeness (QED) is 0.331. The molecule has 4 N–H and O–H groups in total. The number of benzene rings is 1. The van der Waals surface area contributed by atoms with Gasteiger partial charge in [-0.1, -0.05) is 48.3 Å². The summed E-state index contributed by atoms with van der Waals surface area (Å²) in [5.74, 6) is -0.469. The average Bonchev–Trinajstić information content (AvgIpc) is 2.99. The van der Waals surface area contributed by atoms with Crippen molar-refractivity contribution in [2.75, 3.05) is 6.54 Å². The molecule has 0 spiro atoms. The third-order valence-electron chi connectivity index (χ3n) is 3.85. The van der Waals surface area contributed by atoms with Crippen molar-refractivity contribution >= 4 is 11.7 Å². The van der Waals surface area contributed by atoms with Crippen molar-refractivity contribution in [1.82, 2.24) is 5.32 Å². The van der Waals surface area contributed by atoms with Crippen molar-refractivity contribution < 1.29 is 10.0 Å². The van der Waals surface area contributed by atoms with Crippen LogP contribution in [0, 0.1) is 5.92 Å². The largest absolute Gasteiger partial charge is 0.409 e. The Labute approximate surface area is 118 Å². The number of nitrogens with zero attached hydrogens (tertiary/aromatic N) is 1. The van der Waals surface area contributed by atoms with Gasteiger partial charge in [-0.2, -0.15) is 0 Å². The van der Waals surface area contributed by atoms with E-state index in [1.165, 1.54) is 25.7 Å². The number of rotatable bonds is 5. The molecule has 1 aromatic rings. The number of hydrogen-bond acceptors (Lipinski definition) is 3. The molecular weight excluding hydrogens is 254 g/mol. The molecule has 5 heteroatoms. The average molecular weight is 275 g/mol. The summed E-state index contributed by atoms with van der Waals surface area (Å²) in [4.78, 5) is 12.3. The highest BCUT2D eigenvalue weighted by Gasteiger charge is 2.26. The summed E-state index contributed by atoms with van der Waals surface area (Å²) in [6.45, 7) is 0.668. The van der Waals surface area contributed by atoms with Gasteiger partial charge >= 0.3 is 0 Å². The van der Waals surface area contributed by atoms with E-state index in [2.05, 4.69) is 10.5 Å². The van der Waals surface area contributed by atoms with Crippen LogP contribution in [0.2, 0.25) is 0 Å². The minimum absolute atomic E-state index is 0.0832. The first kappa shape index (κ1) is 14.4. The third kappa shape index (κ3) is 3.50. The van der Waals surface area contributed by atoms with Crippen molar-refractivity contribution in [3.63, 3.8) is 0 Å². The lowest BCUT2D eigenvalue weighted by Crippen LogP contribution is -2.39. The first-order valence-corrected chi connectivity index (χ1v) is 7.02. The fourth-order valence-corrected chi connectivity index (χ4v) is 2.72. The lowest BCUT2D eigenvalue weighted by atomic mass is 9.96. The summed E-state index contributed by atoms with van der Waals surface area (Å²) < 4.78 is 0. The van der Waals surface area contributed by atoms with Crippen molar-refractivity contribution in [2.45, 2.75) is 31.6 Å². The molecule has 0 bridgehead atoms. The Hall–Kier alpha value is -2.04. The van der Waals surface area contributed by atoms with Crippen LogP contribution in [0.1, 0.15) is 37.2 Å². The van der Waals surface area contributed by atoms with Crippen molar-refractivity contribution in [3.8, 4) is 0 Å². The molecular formula is C15H21N3O2. The summed E-state index contributed by atoms with van der Waals surface area (Å²) in [6.07, 6.45) is 4.81.